The monoisotopic (exact) mass is 289 g/mol. The minimum absolute atomic E-state index is 0.0816. The van der Waals surface area contributed by atoms with E-state index in [9.17, 15) is 4.79 Å². The second kappa shape index (κ2) is 7.23. The predicted molar refractivity (Wildman–Crippen MR) is 77.9 cm³/mol. The van der Waals surface area contributed by atoms with Gasteiger partial charge in [-0.1, -0.05) is 17.9 Å². The number of rotatable bonds is 2. The van der Waals surface area contributed by atoms with E-state index in [1.165, 1.54) is 0 Å². The first-order valence-electron chi connectivity index (χ1n) is 6.88. The second-order valence-electron chi connectivity index (χ2n) is 4.92. The Labute approximate surface area is 124 Å². The van der Waals surface area contributed by atoms with Gasteiger partial charge in [-0.3, -0.25) is 4.79 Å². The molecule has 5 nitrogen and oxygen atoms in total. The summed E-state index contributed by atoms with van der Waals surface area (Å²) in [5.41, 5.74) is 2.17. The fourth-order valence-corrected chi connectivity index (χ4v) is 2.26. The lowest BCUT2D eigenvalue weighted by Gasteiger charge is -2.32. The molecule has 0 saturated carbocycles. The van der Waals surface area contributed by atoms with E-state index in [4.69, 9.17) is 14.9 Å². The number of aliphatic hydroxyl groups excluding tert-OH is 2. The minimum atomic E-state index is -0.319. The Bertz CT molecular complexity index is 573. The fraction of sp³-hybridized carbons (Fsp3) is 0.438. The van der Waals surface area contributed by atoms with Crippen LogP contribution in [0.25, 0.3) is 0 Å². The van der Waals surface area contributed by atoms with Crippen molar-refractivity contribution in [2.75, 3.05) is 32.9 Å². The molecule has 1 atom stereocenters. The van der Waals surface area contributed by atoms with Crippen LogP contribution in [0.5, 0.6) is 0 Å². The third kappa shape index (κ3) is 3.82. The van der Waals surface area contributed by atoms with Crippen molar-refractivity contribution < 1.29 is 19.7 Å². The molecule has 1 saturated heterocycles. The molecule has 0 aromatic heterocycles. The first-order chi connectivity index (χ1) is 10.2. The van der Waals surface area contributed by atoms with Crippen LogP contribution in [0, 0.1) is 18.8 Å². The summed E-state index contributed by atoms with van der Waals surface area (Å²) in [4.78, 5) is 14.3. The summed E-state index contributed by atoms with van der Waals surface area (Å²) in [7, 11) is 0. The molecule has 1 amide bonds. The second-order valence-corrected chi connectivity index (χ2v) is 4.92. The van der Waals surface area contributed by atoms with Crippen LogP contribution < -0.4 is 0 Å². The predicted octanol–water partition coefficient (Wildman–Crippen LogP) is 0.172. The molecule has 2 rings (SSSR count). The number of ether oxygens (including phenoxy) is 1. The Kier molecular flexibility index (Phi) is 5.34. The summed E-state index contributed by atoms with van der Waals surface area (Å²) in [5.74, 6) is 5.30. The lowest BCUT2D eigenvalue weighted by molar-refractivity contribution is -0.0447. The van der Waals surface area contributed by atoms with Gasteiger partial charge in [0.2, 0.25) is 0 Å². The molecule has 1 unspecified atom stereocenters. The van der Waals surface area contributed by atoms with Gasteiger partial charge >= 0.3 is 0 Å². The summed E-state index contributed by atoms with van der Waals surface area (Å²) < 4.78 is 5.36. The lowest BCUT2D eigenvalue weighted by atomic mass is 10.0. The molecular formula is C16H19NO4. The third-order valence-electron chi connectivity index (χ3n) is 3.41. The summed E-state index contributed by atoms with van der Waals surface area (Å²) in [5, 5.41) is 17.9. The molecule has 0 spiro atoms. The molecule has 1 heterocycles. The van der Waals surface area contributed by atoms with Gasteiger partial charge in [-0.25, -0.2) is 0 Å². The quantitative estimate of drug-likeness (QED) is 0.762. The molecule has 112 valence electrons. The fourth-order valence-electron chi connectivity index (χ4n) is 2.26. The Morgan fingerprint density at radius 1 is 1.48 bits per heavy atom. The summed E-state index contributed by atoms with van der Waals surface area (Å²) in [6, 6.07) is 5.41. The van der Waals surface area contributed by atoms with Crippen LogP contribution >= 0.6 is 0 Å². The molecule has 1 aliphatic heterocycles. The molecule has 1 aliphatic rings. The van der Waals surface area contributed by atoms with Gasteiger partial charge in [0.25, 0.3) is 5.91 Å². The van der Waals surface area contributed by atoms with Crippen LogP contribution in [-0.2, 0) is 4.74 Å². The Morgan fingerprint density at radius 2 is 2.29 bits per heavy atom. The maximum atomic E-state index is 12.6. The van der Waals surface area contributed by atoms with Crippen LogP contribution in [0.2, 0.25) is 0 Å². The summed E-state index contributed by atoms with van der Waals surface area (Å²) in [6.45, 7) is 2.91. The average Bonchev–Trinajstić information content (AvgIpc) is 2.53. The number of carbonyl (C=O) groups is 1. The third-order valence-corrected chi connectivity index (χ3v) is 3.41. The smallest absolute Gasteiger partial charge is 0.254 e. The van der Waals surface area contributed by atoms with Gasteiger partial charge in [0.1, 0.15) is 6.61 Å². The SMILES string of the molecule is Cc1ccc(C#CCO)cc1C(=O)N1CCOC(CO)C1. The maximum Gasteiger partial charge on any atom is 0.254 e. The average molecular weight is 289 g/mol. The molecule has 5 heteroatoms. The van der Waals surface area contributed by atoms with E-state index in [-0.39, 0.29) is 25.2 Å². The number of aryl methyl sites for hydroxylation is 1. The zero-order valence-corrected chi connectivity index (χ0v) is 12.0. The highest BCUT2D eigenvalue weighted by Crippen LogP contribution is 2.16. The van der Waals surface area contributed by atoms with E-state index in [0.717, 1.165) is 5.56 Å². The Morgan fingerprint density at radius 3 is 3.00 bits per heavy atom. The zero-order chi connectivity index (χ0) is 15.2. The molecule has 1 aromatic carbocycles. The van der Waals surface area contributed by atoms with Gasteiger partial charge < -0.3 is 19.8 Å². The van der Waals surface area contributed by atoms with Crippen LogP contribution in [0.4, 0.5) is 0 Å². The number of morpholine rings is 1. The van der Waals surface area contributed by atoms with E-state index in [2.05, 4.69) is 11.8 Å². The van der Waals surface area contributed by atoms with E-state index in [1.807, 2.05) is 19.1 Å². The topological polar surface area (TPSA) is 70.0 Å². The van der Waals surface area contributed by atoms with Crippen molar-refractivity contribution in [3.8, 4) is 11.8 Å². The molecule has 1 aromatic rings. The van der Waals surface area contributed by atoms with E-state index in [1.54, 1.807) is 11.0 Å². The minimum Gasteiger partial charge on any atom is -0.394 e. The Balaban J connectivity index is 2.21. The Hall–Kier alpha value is -1.87. The highest BCUT2D eigenvalue weighted by Gasteiger charge is 2.25. The van der Waals surface area contributed by atoms with Crippen LogP contribution in [-0.4, -0.2) is 60.0 Å². The van der Waals surface area contributed by atoms with E-state index in [0.29, 0.717) is 30.8 Å². The van der Waals surface area contributed by atoms with Gasteiger partial charge in [-0.15, -0.1) is 0 Å². The largest absolute Gasteiger partial charge is 0.394 e. The van der Waals surface area contributed by atoms with E-state index < -0.39 is 0 Å². The highest BCUT2D eigenvalue weighted by molar-refractivity contribution is 5.96. The summed E-state index contributed by atoms with van der Waals surface area (Å²) in [6.07, 6.45) is -0.319. The number of aliphatic hydroxyl groups is 2. The van der Waals surface area contributed by atoms with Crippen molar-refractivity contribution in [3.63, 3.8) is 0 Å². The molecule has 1 fully saturated rings. The normalized spacial score (nSPS) is 18.0. The number of hydrogen-bond donors (Lipinski definition) is 2. The van der Waals surface area contributed by atoms with Gasteiger partial charge in [-0.05, 0) is 24.6 Å². The van der Waals surface area contributed by atoms with Crippen LogP contribution in [0.1, 0.15) is 21.5 Å². The van der Waals surface area contributed by atoms with Gasteiger partial charge in [0.05, 0.1) is 19.3 Å². The maximum absolute atomic E-state index is 12.6. The standard InChI is InChI=1S/C16H19NO4/c1-12-4-5-13(3-2-7-18)9-15(12)16(20)17-6-8-21-14(10-17)11-19/h4-5,9,14,18-19H,6-8,10-11H2,1H3. The molecular weight excluding hydrogens is 270 g/mol. The molecule has 0 aliphatic carbocycles. The number of amides is 1. The van der Waals surface area contributed by atoms with Crippen LogP contribution in [0.3, 0.4) is 0 Å². The number of carbonyl (C=O) groups excluding carboxylic acids is 1. The van der Waals surface area contributed by atoms with Gasteiger partial charge in [0.15, 0.2) is 0 Å². The molecule has 21 heavy (non-hydrogen) atoms. The highest BCUT2D eigenvalue weighted by atomic mass is 16.5. The van der Waals surface area contributed by atoms with Crippen molar-refractivity contribution in [3.05, 3.63) is 34.9 Å². The number of nitrogens with zero attached hydrogens (tertiary/aromatic N) is 1. The van der Waals surface area contributed by atoms with Crippen molar-refractivity contribution in [1.82, 2.24) is 4.90 Å². The van der Waals surface area contributed by atoms with Crippen molar-refractivity contribution in [2.45, 2.75) is 13.0 Å². The van der Waals surface area contributed by atoms with Crippen LogP contribution in [0.15, 0.2) is 18.2 Å². The number of hydrogen-bond acceptors (Lipinski definition) is 4. The molecule has 2 N–H and O–H groups in total. The van der Waals surface area contributed by atoms with Crippen molar-refractivity contribution in [2.24, 2.45) is 0 Å². The summed E-state index contributed by atoms with van der Waals surface area (Å²) >= 11 is 0. The zero-order valence-electron chi connectivity index (χ0n) is 12.0. The lowest BCUT2D eigenvalue weighted by Crippen LogP contribution is -2.47. The van der Waals surface area contributed by atoms with Gasteiger partial charge in [-0.2, -0.15) is 0 Å². The molecule has 0 bridgehead atoms. The van der Waals surface area contributed by atoms with Crippen molar-refractivity contribution in [1.29, 1.82) is 0 Å². The van der Waals surface area contributed by atoms with Gasteiger partial charge in [0, 0.05) is 24.2 Å². The first-order valence-corrected chi connectivity index (χ1v) is 6.88. The van der Waals surface area contributed by atoms with Crippen molar-refractivity contribution >= 4 is 5.91 Å². The number of benzene rings is 1. The first kappa shape index (κ1) is 15.5. The van der Waals surface area contributed by atoms with E-state index >= 15 is 0 Å². The molecule has 0 radical (unpaired) electrons.